The maximum absolute atomic E-state index is 12.0. The largest absolute Gasteiger partial charge is 0.394 e. The highest BCUT2D eigenvalue weighted by Crippen LogP contribution is 2.20. The van der Waals surface area contributed by atoms with Crippen LogP contribution in [0.25, 0.3) is 5.69 Å². The first-order valence-electron chi connectivity index (χ1n) is 7.16. The van der Waals surface area contributed by atoms with Crippen molar-refractivity contribution in [3.05, 3.63) is 54.1 Å². The fourth-order valence-electron chi connectivity index (χ4n) is 2.10. The zero-order valence-electron chi connectivity index (χ0n) is 12.6. The van der Waals surface area contributed by atoms with Gasteiger partial charge in [0.25, 0.3) is 0 Å². The third-order valence-electron chi connectivity index (χ3n) is 3.16. The normalized spacial score (nSPS) is 10.6. The summed E-state index contributed by atoms with van der Waals surface area (Å²) in [5, 5.41) is 22.9. The van der Waals surface area contributed by atoms with E-state index in [0.29, 0.717) is 22.9 Å². The number of hydrogen-bond acceptors (Lipinski definition) is 4. The Morgan fingerprint density at radius 3 is 2.58 bits per heavy atom. The summed E-state index contributed by atoms with van der Waals surface area (Å²) < 4.78 is 3.11. The summed E-state index contributed by atoms with van der Waals surface area (Å²) in [4.78, 5) is 12.0. The number of anilines is 2. The number of urea groups is 1. The molecule has 0 atom stereocenters. The molecule has 9 heteroatoms. The van der Waals surface area contributed by atoms with E-state index in [4.69, 9.17) is 16.7 Å². The molecule has 24 heavy (non-hydrogen) atoms. The molecule has 124 valence electrons. The second-order valence-electron chi connectivity index (χ2n) is 4.92. The highest BCUT2D eigenvalue weighted by molar-refractivity contribution is 6.32. The number of aliphatic hydroxyl groups excluding tert-OH is 1. The zero-order chi connectivity index (χ0) is 16.9. The van der Waals surface area contributed by atoms with Gasteiger partial charge in [0.1, 0.15) is 0 Å². The molecule has 3 N–H and O–H groups in total. The number of halogens is 1. The highest BCUT2D eigenvalue weighted by atomic mass is 35.5. The van der Waals surface area contributed by atoms with Crippen LogP contribution in [0.15, 0.2) is 49.1 Å². The monoisotopic (exact) mass is 346 g/mol. The first-order valence-corrected chi connectivity index (χ1v) is 7.54. The van der Waals surface area contributed by atoms with Gasteiger partial charge in [-0.2, -0.15) is 10.2 Å². The number of benzene rings is 1. The molecule has 0 bridgehead atoms. The Kier molecular flexibility index (Phi) is 4.78. The molecule has 0 aliphatic carbocycles. The number of carbonyl (C=O) groups excluding carboxylic acids is 1. The minimum Gasteiger partial charge on any atom is -0.394 e. The molecule has 0 unspecified atom stereocenters. The van der Waals surface area contributed by atoms with Gasteiger partial charge in [-0.15, -0.1) is 0 Å². The second kappa shape index (κ2) is 7.16. The van der Waals surface area contributed by atoms with Gasteiger partial charge < -0.3 is 15.7 Å². The van der Waals surface area contributed by atoms with Crippen LogP contribution in [0.1, 0.15) is 0 Å². The molecule has 8 nitrogen and oxygen atoms in total. The summed E-state index contributed by atoms with van der Waals surface area (Å²) in [5.74, 6) is 0. The van der Waals surface area contributed by atoms with Gasteiger partial charge in [-0.05, 0) is 12.1 Å². The lowest BCUT2D eigenvalue weighted by atomic mass is 10.3. The van der Waals surface area contributed by atoms with Crippen molar-refractivity contribution in [2.75, 3.05) is 17.2 Å². The van der Waals surface area contributed by atoms with Crippen molar-refractivity contribution in [3.8, 4) is 5.69 Å². The summed E-state index contributed by atoms with van der Waals surface area (Å²) in [5.41, 5.74) is 1.77. The second-order valence-corrected chi connectivity index (χ2v) is 5.33. The molecule has 0 aliphatic rings. The van der Waals surface area contributed by atoms with Gasteiger partial charge in [0.15, 0.2) is 0 Å². The average Bonchev–Trinajstić information content (AvgIpc) is 3.18. The van der Waals surface area contributed by atoms with Gasteiger partial charge in [-0.1, -0.05) is 23.7 Å². The Bertz CT molecular complexity index is 844. The van der Waals surface area contributed by atoms with Crippen LogP contribution in [0, 0.1) is 0 Å². The van der Waals surface area contributed by atoms with E-state index in [1.807, 2.05) is 18.2 Å². The minimum absolute atomic E-state index is 0.0193. The summed E-state index contributed by atoms with van der Waals surface area (Å²) >= 11 is 6.12. The number of nitrogens with zero attached hydrogens (tertiary/aromatic N) is 4. The molecule has 0 spiro atoms. The van der Waals surface area contributed by atoms with Crippen molar-refractivity contribution in [1.82, 2.24) is 19.6 Å². The van der Waals surface area contributed by atoms with Crippen LogP contribution in [0.2, 0.25) is 5.02 Å². The lowest BCUT2D eigenvalue weighted by Gasteiger charge is -2.04. The SMILES string of the molecule is O=C(Nc1cnn(CCO)c1)Nc1cnn(-c2ccccc2Cl)c1. The van der Waals surface area contributed by atoms with Crippen LogP contribution in [0.3, 0.4) is 0 Å². The molecule has 2 aromatic heterocycles. The molecular formula is C15H15ClN6O2. The molecule has 1 aromatic carbocycles. The molecular weight excluding hydrogens is 332 g/mol. The maximum atomic E-state index is 12.0. The average molecular weight is 347 g/mol. The van der Waals surface area contributed by atoms with Gasteiger partial charge in [-0.3, -0.25) is 4.68 Å². The Balaban J connectivity index is 1.64. The first-order chi connectivity index (χ1) is 11.7. The molecule has 0 fully saturated rings. The number of rotatable bonds is 5. The topological polar surface area (TPSA) is 97.0 Å². The van der Waals surface area contributed by atoms with Gasteiger partial charge >= 0.3 is 6.03 Å². The number of nitrogens with one attached hydrogen (secondary N) is 2. The molecule has 3 aromatic rings. The fraction of sp³-hybridized carbons (Fsp3) is 0.133. The smallest absolute Gasteiger partial charge is 0.323 e. The van der Waals surface area contributed by atoms with Crippen LogP contribution in [0.4, 0.5) is 16.2 Å². The standard InChI is InChI=1S/C15H15ClN6O2/c16-13-3-1-2-4-14(13)22-10-12(8-18-22)20-15(24)19-11-7-17-21(9-11)5-6-23/h1-4,7-10,23H,5-6H2,(H2,19,20,24). The predicted molar refractivity (Wildman–Crippen MR) is 90.5 cm³/mol. The molecule has 0 saturated heterocycles. The number of aliphatic hydroxyl groups is 1. The molecule has 0 aliphatic heterocycles. The molecule has 0 saturated carbocycles. The predicted octanol–water partition coefficient (Wildman–Crippen LogP) is 2.36. The van der Waals surface area contributed by atoms with E-state index in [1.165, 1.54) is 17.1 Å². The molecule has 2 amide bonds. The van der Waals surface area contributed by atoms with E-state index in [2.05, 4.69) is 20.8 Å². The third kappa shape index (κ3) is 3.73. The Morgan fingerprint density at radius 1 is 1.12 bits per heavy atom. The number of para-hydroxylation sites is 1. The van der Waals surface area contributed by atoms with E-state index in [0.717, 1.165) is 5.69 Å². The fourth-order valence-corrected chi connectivity index (χ4v) is 2.33. The van der Waals surface area contributed by atoms with E-state index < -0.39 is 6.03 Å². The van der Waals surface area contributed by atoms with Gasteiger partial charge in [0, 0.05) is 6.20 Å². The molecule has 3 rings (SSSR count). The number of carbonyl (C=O) groups is 1. The van der Waals surface area contributed by atoms with E-state index in [9.17, 15) is 4.79 Å². The van der Waals surface area contributed by atoms with E-state index >= 15 is 0 Å². The minimum atomic E-state index is -0.419. The van der Waals surface area contributed by atoms with Crippen LogP contribution in [0.5, 0.6) is 0 Å². The number of aromatic nitrogens is 4. The van der Waals surface area contributed by atoms with Crippen molar-refractivity contribution in [2.24, 2.45) is 0 Å². The van der Waals surface area contributed by atoms with Crippen molar-refractivity contribution in [3.63, 3.8) is 0 Å². The first kappa shape index (κ1) is 16.0. The third-order valence-corrected chi connectivity index (χ3v) is 3.48. The quantitative estimate of drug-likeness (QED) is 0.660. The molecule has 0 radical (unpaired) electrons. The van der Waals surface area contributed by atoms with Gasteiger partial charge in [0.05, 0.1) is 53.8 Å². The van der Waals surface area contributed by atoms with Crippen molar-refractivity contribution in [1.29, 1.82) is 0 Å². The molecule has 2 heterocycles. The Hall–Kier alpha value is -2.84. The van der Waals surface area contributed by atoms with Crippen molar-refractivity contribution in [2.45, 2.75) is 6.54 Å². The van der Waals surface area contributed by atoms with Gasteiger partial charge in [-0.25, -0.2) is 9.48 Å². The summed E-state index contributed by atoms with van der Waals surface area (Å²) in [7, 11) is 0. The van der Waals surface area contributed by atoms with Crippen molar-refractivity contribution < 1.29 is 9.90 Å². The van der Waals surface area contributed by atoms with Crippen LogP contribution in [-0.4, -0.2) is 37.3 Å². The number of amides is 2. The number of hydrogen-bond donors (Lipinski definition) is 3. The van der Waals surface area contributed by atoms with Crippen molar-refractivity contribution >= 4 is 29.0 Å². The van der Waals surface area contributed by atoms with Crippen LogP contribution >= 0.6 is 11.6 Å². The summed E-state index contributed by atoms with van der Waals surface area (Å²) in [6.45, 7) is 0.350. The lowest BCUT2D eigenvalue weighted by molar-refractivity contribution is 0.262. The van der Waals surface area contributed by atoms with Crippen LogP contribution < -0.4 is 10.6 Å². The maximum Gasteiger partial charge on any atom is 0.323 e. The van der Waals surface area contributed by atoms with E-state index in [-0.39, 0.29) is 6.61 Å². The van der Waals surface area contributed by atoms with Gasteiger partial charge in [0.2, 0.25) is 0 Å². The van der Waals surface area contributed by atoms with Crippen LogP contribution in [-0.2, 0) is 6.54 Å². The van der Waals surface area contributed by atoms with E-state index in [1.54, 1.807) is 23.1 Å². The highest BCUT2D eigenvalue weighted by Gasteiger charge is 2.08. The zero-order valence-corrected chi connectivity index (χ0v) is 13.3. The Morgan fingerprint density at radius 2 is 1.83 bits per heavy atom. The summed E-state index contributed by atoms with van der Waals surface area (Å²) in [6, 6.07) is 6.86. The lowest BCUT2D eigenvalue weighted by Crippen LogP contribution is -2.18. The summed E-state index contributed by atoms with van der Waals surface area (Å²) in [6.07, 6.45) is 6.32. The Labute approximate surface area is 142 Å².